The summed E-state index contributed by atoms with van der Waals surface area (Å²) in [6, 6.07) is 1.95. The first kappa shape index (κ1) is 13.8. The summed E-state index contributed by atoms with van der Waals surface area (Å²) in [7, 11) is 0. The van der Waals surface area contributed by atoms with Crippen LogP contribution in [0.15, 0.2) is 6.07 Å². The van der Waals surface area contributed by atoms with E-state index in [9.17, 15) is 5.11 Å². The predicted octanol–water partition coefficient (Wildman–Crippen LogP) is 1.19. The zero-order valence-electron chi connectivity index (χ0n) is 11.8. The molecule has 1 fully saturated rings. The summed E-state index contributed by atoms with van der Waals surface area (Å²) in [5.74, 6) is 1.04. The van der Waals surface area contributed by atoms with Crippen molar-refractivity contribution in [1.29, 1.82) is 5.41 Å². The smallest absolute Gasteiger partial charge is 0.140 e. The number of nitrogens with one attached hydrogen (secondary N) is 1. The average Bonchev–Trinajstić information content (AvgIpc) is 2.31. The molecule has 0 amide bonds. The second kappa shape index (κ2) is 5.17. The van der Waals surface area contributed by atoms with Gasteiger partial charge in [-0.1, -0.05) is 6.92 Å². The lowest BCUT2D eigenvalue weighted by Gasteiger charge is -2.36. The van der Waals surface area contributed by atoms with E-state index in [0.717, 1.165) is 36.6 Å². The number of pyridine rings is 1. The van der Waals surface area contributed by atoms with Gasteiger partial charge in [-0.3, -0.25) is 5.41 Å². The Morgan fingerprint density at radius 2 is 2.21 bits per heavy atom. The molecule has 1 aliphatic heterocycles. The molecule has 104 valence electrons. The van der Waals surface area contributed by atoms with Crippen molar-refractivity contribution < 1.29 is 5.11 Å². The number of aliphatic hydroxyl groups excluding tert-OH is 1. The van der Waals surface area contributed by atoms with Crippen LogP contribution in [0.5, 0.6) is 0 Å². The van der Waals surface area contributed by atoms with Gasteiger partial charge in [-0.15, -0.1) is 0 Å². The van der Waals surface area contributed by atoms with Crippen molar-refractivity contribution in [2.75, 3.05) is 18.0 Å². The summed E-state index contributed by atoms with van der Waals surface area (Å²) in [6.07, 6.45) is 0.482. The fourth-order valence-corrected chi connectivity index (χ4v) is 2.70. The molecule has 1 aliphatic rings. The highest BCUT2D eigenvalue weighted by Crippen LogP contribution is 2.27. The van der Waals surface area contributed by atoms with E-state index in [1.807, 2.05) is 26.8 Å². The molecule has 2 unspecified atom stereocenters. The van der Waals surface area contributed by atoms with E-state index in [0.29, 0.717) is 5.56 Å². The first-order valence-electron chi connectivity index (χ1n) is 6.65. The lowest BCUT2D eigenvalue weighted by molar-refractivity contribution is 0.0969. The Morgan fingerprint density at radius 1 is 1.53 bits per heavy atom. The minimum absolute atomic E-state index is 0.0544. The number of nitrogens with zero attached hydrogens (tertiary/aromatic N) is 2. The molecule has 2 heterocycles. The Bertz CT molecular complexity index is 500. The summed E-state index contributed by atoms with van der Waals surface area (Å²) in [6.45, 7) is 7.44. The van der Waals surface area contributed by atoms with Crippen molar-refractivity contribution in [1.82, 2.24) is 4.98 Å². The summed E-state index contributed by atoms with van der Waals surface area (Å²) in [4.78, 5) is 6.69. The second-order valence-corrected chi connectivity index (χ2v) is 5.47. The van der Waals surface area contributed by atoms with Gasteiger partial charge in [0, 0.05) is 18.8 Å². The Kier molecular flexibility index (Phi) is 3.75. The summed E-state index contributed by atoms with van der Waals surface area (Å²) in [5.41, 5.74) is 8.33. The molecule has 2 atom stereocenters. The predicted molar refractivity (Wildman–Crippen MR) is 76.7 cm³/mol. The van der Waals surface area contributed by atoms with E-state index < -0.39 is 0 Å². The number of nitrogens with two attached hydrogens (primary N) is 1. The van der Waals surface area contributed by atoms with Gasteiger partial charge < -0.3 is 15.7 Å². The molecule has 19 heavy (non-hydrogen) atoms. The Hall–Kier alpha value is -1.62. The normalized spacial score (nSPS) is 23.5. The Labute approximate surface area is 114 Å². The average molecular weight is 262 g/mol. The molecule has 5 heteroatoms. The molecule has 0 bridgehead atoms. The van der Waals surface area contributed by atoms with Crippen molar-refractivity contribution >= 4 is 11.7 Å². The molecule has 2 rings (SSSR count). The van der Waals surface area contributed by atoms with Crippen molar-refractivity contribution in [3.05, 3.63) is 22.9 Å². The van der Waals surface area contributed by atoms with Gasteiger partial charge in [0.05, 0.1) is 11.7 Å². The number of amidine groups is 1. The Balaban J connectivity index is 2.41. The van der Waals surface area contributed by atoms with E-state index in [1.165, 1.54) is 0 Å². The summed E-state index contributed by atoms with van der Waals surface area (Å²) >= 11 is 0. The van der Waals surface area contributed by atoms with Gasteiger partial charge in [-0.05, 0) is 37.8 Å². The lowest BCUT2D eigenvalue weighted by atomic mass is 9.96. The van der Waals surface area contributed by atoms with Crippen LogP contribution in [0.3, 0.4) is 0 Å². The molecular formula is C14H22N4O. The van der Waals surface area contributed by atoms with Crippen LogP contribution in [-0.2, 0) is 0 Å². The monoisotopic (exact) mass is 262 g/mol. The molecule has 1 aromatic rings. The van der Waals surface area contributed by atoms with Crippen LogP contribution >= 0.6 is 0 Å². The van der Waals surface area contributed by atoms with Crippen molar-refractivity contribution in [2.24, 2.45) is 11.7 Å². The van der Waals surface area contributed by atoms with E-state index in [2.05, 4.69) is 9.88 Å². The molecule has 5 nitrogen and oxygen atoms in total. The zero-order valence-corrected chi connectivity index (χ0v) is 11.8. The molecule has 0 aliphatic carbocycles. The third-order valence-corrected chi connectivity index (χ3v) is 3.75. The van der Waals surface area contributed by atoms with Crippen molar-refractivity contribution in [3.8, 4) is 0 Å². The first-order chi connectivity index (χ1) is 8.90. The number of anilines is 1. The maximum atomic E-state index is 9.82. The topological polar surface area (TPSA) is 86.2 Å². The molecule has 1 saturated heterocycles. The number of hydrogen-bond donors (Lipinski definition) is 3. The molecule has 4 N–H and O–H groups in total. The minimum atomic E-state index is -0.247. The zero-order chi connectivity index (χ0) is 14.2. The van der Waals surface area contributed by atoms with Crippen LogP contribution in [-0.4, -0.2) is 35.1 Å². The van der Waals surface area contributed by atoms with Crippen LogP contribution in [0.1, 0.15) is 30.2 Å². The van der Waals surface area contributed by atoms with Crippen LogP contribution in [0.4, 0.5) is 5.82 Å². The van der Waals surface area contributed by atoms with Gasteiger partial charge in [0.1, 0.15) is 11.7 Å². The lowest BCUT2D eigenvalue weighted by Crippen LogP contribution is -2.43. The Morgan fingerprint density at radius 3 is 2.79 bits per heavy atom. The van der Waals surface area contributed by atoms with Gasteiger partial charge in [0.2, 0.25) is 0 Å². The molecule has 0 radical (unpaired) electrons. The number of hydrogen-bond acceptors (Lipinski definition) is 4. The minimum Gasteiger partial charge on any atom is -0.393 e. The van der Waals surface area contributed by atoms with Crippen LogP contribution < -0.4 is 10.6 Å². The fourth-order valence-electron chi connectivity index (χ4n) is 2.70. The molecule has 1 aromatic heterocycles. The maximum Gasteiger partial charge on any atom is 0.140 e. The summed E-state index contributed by atoms with van der Waals surface area (Å²) < 4.78 is 0. The van der Waals surface area contributed by atoms with E-state index in [1.54, 1.807) is 0 Å². The maximum absolute atomic E-state index is 9.82. The SMILES string of the molecule is Cc1cc(C)c(C(=N)N)c(N2CCC(O)C(C)C2)n1. The molecule has 0 saturated carbocycles. The van der Waals surface area contributed by atoms with Gasteiger partial charge in [-0.2, -0.15) is 0 Å². The first-order valence-corrected chi connectivity index (χ1v) is 6.65. The number of piperidine rings is 1. The van der Waals surface area contributed by atoms with Gasteiger partial charge in [0.15, 0.2) is 0 Å². The highest BCUT2D eigenvalue weighted by molar-refractivity contribution is 6.01. The standard InChI is InChI=1S/C14H22N4O/c1-8-6-10(3)17-14(12(8)13(15)16)18-5-4-11(19)9(2)7-18/h6,9,11,19H,4-5,7H2,1-3H3,(H3,15,16). The number of rotatable bonds is 2. The number of aliphatic hydroxyl groups is 1. The molecule has 0 aromatic carbocycles. The highest BCUT2D eigenvalue weighted by Gasteiger charge is 2.27. The van der Waals surface area contributed by atoms with Gasteiger partial charge in [0.25, 0.3) is 0 Å². The second-order valence-electron chi connectivity index (χ2n) is 5.47. The molecule has 0 spiro atoms. The van der Waals surface area contributed by atoms with Crippen molar-refractivity contribution in [3.63, 3.8) is 0 Å². The van der Waals surface area contributed by atoms with Gasteiger partial charge >= 0.3 is 0 Å². The van der Waals surface area contributed by atoms with E-state index in [-0.39, 0.29) is 17.9 Å². The van der Waals surface area contributed by atoms with Gasteiger partial charge in [-0.25, -0.2) is 4.98 Å². The van der Waals surface area contributed by atoms with E-state index in [4.69, 9.17) is 11.1 Å². The quantitative estimate of drug-likeness (QED) is 0.552. The highest BCUT2D eigenvalue weighted by atomic mass is 16.3. The molecular weight excluding hydrogens is 240 g/mol. The van der Waals surface area contributed by atoms with Crippen LogP contribution in [0.2, 0.25) is 0 Å². The van der Waals surface area contributed by atoms with Crippen LogP contribution in [0.25, 0.3) is 0 Å². The third-order valence-electron chi connectivity index (χ3n) is 3.75. The summed E-state index contributed by atoms with van der Waals surface area (Å²) in [5, 5.41) is 17.6. The number of aryl methyl sites for hydroxylation is 2. The van der Waals surface area contributed by atoms with Crippen LogP contribution in [0, 0.1) is 25.2 Å². The van der Waals surface area contributed by atoms with Crippen molar-refractivity contribution in [2.45, 2.75) is 33.3 Å². The number of nitrogen functional groups attached to an aromatic ring is 1. The largest absolute Gasteiger partial charge is 0.393 e. The third kappa shape index (κ3) is 2.71. The number of aromatic nitrogens is 1. The fraction of sp³-hybridized carbons (Fsp3) is 0.571. The van der Waals surface area contributed by atoms with E-state index >= 15 is 0 Å².